The first-order valence-electron chi connectivity index (χ1n) is 8.52. The molecule has 142 valence electrons. The molecule has 0 saturated heterocycles. The summed E-state index contributed by atoms with van der Waals surface area (Å²) in [5, 5.41) is 0. The van der Waals surface area contributed by atoms with Crippen LogP contribution < -0.4 is 15.2 Å². The summed E-state index contributed by atoms with van der Waals surface area (Å²) in [6.45, 7) is 1.98. The van der Waals surface area contributed by atoms with Crippen LogP contribution in [0.4, 0.5) is 0 Å². The van der Waals surface area contributed by atoms with Crippen molar-refractivity contribution in [1.29, 1.82) is 0 Å². The van der Waals surface area contributed by atoms with Crippen molar-refractivity contribution in [2.75, 3.05) is 33.4 Å². The van der Waals surface area contributed by atoms with Gasteiger partial charge in [0.15, 0.2) is 11.5 Å². The van der Waals surface area contributed by atoms with Gasteiger partial charge in [0.1, 0.15) is 0 Å². The topological polar surface area (TPSA) is 64.8 Å². The number of benzene rings is 2. The number of ether oxygens (including phenoxy) is 2. The molecule has 0 saturated carbocycles. The zero-order valence-electron chi connectivity index (χ0n) is 15.1. The van der Waals surface area contributed by atoms with Gasteiger partial charge in [-0.25, -0.2) is 0 Å². The Morgan fingerprint density at radius 2 is 1.65 bits per heavy atom. The second-order valence-electron chi connectivity index (χ2n) is 5.65. The number of methoxy groups -OCH3 is 1. The van der Waals surface area contributed by atoms with Gasteiger partial charge in [0, 0.05) is 19.6 Å². The lowest BCUT2D eigenvalue weighted by molar-refractivity contribution is -0.131. The van der Waals surface area contributed by atoms with Crippen molar-refractivity contribution < 1.29 is 14.3 Å². The van der Waals surface area contributed by atoms with Crippen molar-refractivity contribution in [3.8, 4) is 11.5 Å². The second-order valence-corrected chi connectivity index (χ2v) is 5.65. The fraction of sp³-hybridized carbons (Fsp3) is 0.350. The summed E-state index contributed by atoms with van der Waals surface area (Å²) >= 11 is 0. The third-order valence-corrected chi connectivity index (χ3v) is 3.91. The first-order valence-corrected chi connectivity index (χ1v) is 8.52. The number of nitrogens with two attached hydrogens (primary N) is 1. The second kappa shape index (κ2) is 12.2. The quantitative estimate of drug-likeness (QED) is 0.690. The Bertz CT molecular complexity index is 653. The number of carbonyl (C=O) groups is 1. The molecule has 0 aliphatic heterocycles. The standard InChI is InChI=1S/C20H26N2O3.ClH/c1-24-18-9-5-6-10-19(18)25-16-12-20(23)22(15-13-21)14-11-17-7-3-2-4-8-17;/h2-10H,11-16,21H2,1H3;1H. The number of rotatable bonds is 10. The van der Waals surface area contributed by atoms with Crippen LogP contribution in [0.1, 0.15) is 12.0 Å². The van der Waals surface area contributed by atoms with E-state index in [9.17, 15) is 4.79 Å². The van der Waals surface area contributed by atoms with Crippen molar-refractivity contribution in [2.24, 2.45) is 5.73 Å². The average Bonchev–Trinajstić information content (AvgIpc) is 2.66. The highest BCUT2D eigenvalue weighted by Gasteiger charge is 2.13. The Balaban J connectivity index is 0.00000338. The van der Waals surface area contributed by atoms with E-state index in [0.717, 1.165) is 6.42 Å². The van der Waals surface area contributed by atoms with E-state index in [-0.39, 0.29) is 18.3 Å². The van der Waals surface area contributed by atoms with Crippen LogP contribution in [0.5, 0.6) is 11.5 Å². The van der Waals surface area contributed by atoms with E-state index in [0.29, 0.717) is 44.2 Å². The third-order valence-electron chi connectivity index (χ3n) is 3.91. The molecule has 2 rings (SSSR count). The van der Waals surface area contributed by atoms with Gasteiger partial charge in [0.25, 0.3) is 0 Å². The molecule has 5 nitrogen and oxygen atoms in total. The monoisotopic (exact) mass is 378 g/mol. The highest BCUT2D eigenvalue weighted by molar-refractivity contribution is 5.85. The van der Waals surface area contributed by atoms with E-state index in [1.807, 2.05) is 42.5 Å². The lowest BCUT2D eigenvalue weighted by Gasteiger charge is -2.22. The van der Waals surface area contributed by atoms with Crippen molar-refractivity contribution in [2.45, 2.75) is 12.8 Å². The smallest absolute Gasteiger partial charge is 0.226 e. The van der Waals surface area contributed by atoms with E-state index in [1.165, 1.54) is 5.56 Å². The summed E-state index contributed by atoms with van der Waals surface area (Å²) in [4.78, 5) is 14.3. The minimum absolute atomic E-state index is 0. The van der Waals surface area contributed by atoms with E-state index in [4.69, 9.17) is 15.2 Å². The van der Waals surface area contributed by atoms with E-state index >= 15 is 0 Å². The Kier molecular flexibility index (Phi) is 10.2. The molecule has 1 amide bonds. The summed E-state index contributed by atoms with van der Waals surface area (Å²) in [6, 6.07) is 17.5. The molecule has 0 bridgehead atoms. The van der Waals surface area contributed by atoms with Crippen LogP contribution in [0.25, 0.3) is 0 Å². The molecular weight excluding hydrogens is 352 g/mol. The number of hydrogen-bond donors (Lipinski definition) is 1. The molecule has 2 N–H and O–H groups in total. The largest absolute Gasteiger partial charge is 0.493 e. The molecule has 0 spiro atoms. The van der Waals surface area contributed by atoms with E-state index in [1.54, 1.807) is 12.0 Å². The fourth-order valence-corrected chi connectivity index (χ4v) is 2.57. The predicted octanol–water partition coefficient (Wildman–Crippen LogP) is 2.92. The van der Waals surface area contributed by atoms with Crippen molar-refractivity contribution >= 4 is 18.3 Å². The van der Waals surface area contributed by atoms with Crippen LogP contribution in [0.2, 0.25) is 0 Å². The molecule has 0 unspecified atom stereocenters. The number of carbonyl (C=O) groups excluding carboxylic acids is 1. The summed E-state index contributed by atoms with van der Waals surface area (Å²) < 4.78 is 10.9. The van der Waals surface area contributed by atoms with Gasteiger partial charge in [-0.3, -0.25) is 4.79 Å². The number of amides is 1. The molecule has 0 aliphatic rings. The highest BCUT2D eigenvalue weighted by Crippen LogP contribution is 2.25. The fourth-order valence-electron chi connectivity index (χ4n) is 2.57. The molecule has 2 aromatic rings. The molecule has 26 heavy (non-hydrogen) atoms. The van der Waals surface area contributed by atoms with Crippen LogP contribution in [0, 0.1) is 0 Å². The van der Waals surface area contributed by atoms with E-state index in [2.05, 4.69) is 12.1 Å². The number of nitrogens with zero attached hydrogens (tertiary/aromatic N) is 1. The highest BCUT2D eigenvalue weighted by atomic mass is 35.5. The zero-order valence-corrected chi connectivity index (χ0v) is 15.9. The molecule has 0 fully saturated rings. The first-order chi connectivity index (χ1) is 12.2. The average molecular weight is 379 g/mol. The Hall–Kier alpha value is -2.24. The minimum atomic E-state index is 0. The predicted molar refractivity (Wildman–Crippen MR) is 106 cm³/mol. The van der Waals surface area contributed by atoms with Crippen LogP contribution >= 0.6 is 12.4 Å². The van der Waals surface area contributed by atoms with Crippen molar-refractivity contribution in [1.82, 2.24) is 4.90 Å². The Morgan fingerprint density at radius 1 is 1.00 bits per heavy atom. The molecular formula is C20H27ClN2O3. The summed E-state index contributed by atoms with van der Waals surface area (Å²) in [7, 11) is 1.60. The number of para-hydroxylation sites is 2. The normalized spacial score (nSPS) is 9.92. The van der Waals surface area contributed by atoms with E-state index < -0.39 is 0 Å². The molecule has 0 aliphatic carbocycles. The van der Waals surface area contributed by atoms with Crippen LogP contribution in [0.3, 0.4) is 0 Å². The third kappa shape index (κ3) is 6.94. The van der Waals surface area contributed by atoms with Gasteiger partial charge >= 0.3 is 0 Å². The van der Waals surface area contributed by atoms with Gasteiger partial charge in [-0.05, 0) is 24.1 Å². The first kappa shape index (κ1) is 21.8. The SMILES string of the molecule is COc1ccccc1OCCC(=O)N(CCN)CCc1ccccc1.Cl. The maximum atomic E-state index is 12.5. The molecule has 0 atom stereocenters. The lowest BCUT2D eigenvalue weighted by atomic mass is 10.1. The number of hydrogen-bond acceptors (Lipinski definition) is 4. The van der Waals surface area contributed by atoms with Gasteiger partial charge < -0.3 is 20.1 Å². The Labute approximate surface area is 161 Å². The van der Waals surface area contributed by atoms with Gasteiger partial charge in [-0.2, -0.15) is 0 Å². The van der Waals surface area contributed by atoms with Crippen molar-refractivity contribution in [3.05, 3.63) is 60.2 Å². The minimum Gasteiger partial charge on any atom is -0.493 e. The van der Waals surface area contributed by atoms with Gasteiger partial charge in [0.05, 0.1) is 20.1 Å². The summed E-state index contributed by atoms with van der Waals surface area (Å²) in [5.74, 6) is 1.36. The maximum absolute atomic E-state index is 12.5. The van der Waals surface area contributed by atoms with Gasteiger partial charge in [0.2, 0.25) is 5.91 Å². The van der Waals surface area contributed by atoms with Gasteiger partial charge in [-0.15, -0.1) is 12.4 Å². The van der Waals surface area contributed by atoms with Crippen molar-refractivity contribution in [3.63, 3.8) is 0 Å². The van der Waals surface area contributed by atoms with Crippen LogP contribution in [0.15, 0.2) is 54.6 Å². The lowest BCUT2D eigenvalue weighted by Crippen LogP contribution is -2.37. The molecule has 2 aromatic carbocycles. The zero-order chi connectivity index (χ0) is 17.9. The molecule has 0 radical (unpaired) electrons. The van der Waals surface area contributed by atoms with Gasteiger partial charge in [-0.1, -0.05) is 42.5 Å². The van der Waals surface area contributed by atoms with Crippen LogP contribution in [-0.2, 0) is 11.2 Å². The summed E-state index contributed by atoms with van der Waals surface area (Å²) in [6.07, 6.45) is 1.13. The number of halogens is 1. The molecule has 6 heteroatoms. The summed E-state index contributed by atoms with van der Waals surface area (Å²) in [5.41, 5.74) is 6.86. The van der Waals surface area contributed by atoms with Crippen LogP contribution in [-0.4, -0.2) is 44.2 Å². The molecule has 0 heterocycles. The molecule has 0 aromatic heterocycles. The maximum Gasteiger partial charge on any atom is 0.226 e. The Morgan fingerprint density at radius 3 is 2.31 bits per heavy atom.